The van der Waals surface area contributed by atoms with Crippen LogP contribution in [0.1, 0.15) is 44.5 Å². The molecule has 0 saturated heterocycles. The number of rotatable bonds is 6. The van der Waals surface area contributed by atoms with Gasteiger partial charge in [-0.2, -0.15) is 5.10 Å². The Bertz CT molecular complexity index is 484. The van der Waals surface area contributed by atoms with Crippen molar-refractivity contribution in [1.29, 1.82) is 0 Å². The van der Waals surface area contributed by atoms with Crippen LogP contribution in [0.5, 0.6) is 0 Å². The van der Waals surface area contributed by atoms with E-state index in [2.05, 4.69) is 34.9 Å². The number of hydrogen-bond donors (Lipinski definition) is 1. The summed E-state index contributed by atoms with van der Waals surface area (Å²) in [5, 5.41) is 4.56. The van der Waals surface area contributed by atoms with Gasteiger partial charge < -0.3 is 5.73 Å². The zero-order valence-electron chi connectivity index (χ0n) is 12.4. The van der Waals surface area contributed by atoms with Crippen LogP contribution in [-0.4, -0.2) is 22.1 Å². The largest absolute Gasteiger partial charge is 0.330 e. The van der Waals surface area contributed by atoms with Gasteiger partial charge in [0.25, 0.3) is 0 Å². The number of aryl methyl sites for hydroxylation is 2. The molecule has 1 aromatic rings. The molecule has 0 aromatic carbocycles. The molecule has 1 heterocycles. The molecule has 2 atom stereocenters. The lowest BCUT2D eigenvalue weighted by Gasteiger charge is -2.16. The van der Waals surface area contributed by atoms with Crippen LogP contribution in [0.3, 0.4) is 0 Å². The Labute approximate surface area is 129 Å². The minimum absolute atomic E-state index is 0.150. The van der Waals surface area contributed by atoms with E-state index in [1.165, 1.54) is 0 Å². The first-order valence-electron chi connectivity index (χ1n) is 7.59. The van der Waals surface area contributed by atoms with Gasteiger partial charge in [0.15, 0.2) is 0 Å². The van der Waals surface area contributed by atoms with Crippen LogP contribution in [0.25, 0.3) is 0 Å². The maximum absolute atomic E-state index is 12.6. The summed E-state index contributed by atoms with van der Waals surface area (Å²) in [5.41, 5.74) is 7.85. The van der Waals surface area contributed by atoms with Gasteiger partial charge >= 0.3 is 0 Å². The average molecular weight is 342 g/mol. The quantitative estimate of drug-likeness (QED) is 0.865. The van der Waals surface area contributed by atoms with Crippen LogP contribution >= 0.6 is 15.9 Å². The molecule has 0 amide bonds. The number of nitrogens with two attached hydrogens (primary N) is 1. The van der Waals surface area contributed by atoms with Gasteiger partial charge in [-0.1, -0.05) is 13.3 Å². The lowest BCUT2D eigenvalue weighted by atomic mass is 9.90. The molecule has 2 rings (SSSR count). The van der Waals surface area contributed by atoms with Crippen LogP contribution in [-0.2, 0) is 24.2 Å². The van der Waals surface area contributed by atoms with E-state index in [-0.39, 0.29) is 5.92 Å². The molecule has 0 aliphatic heterocycles. The first-order chi connectivity index (χ1) is 9.62. The number of carbonyl (C=O) groups is 1. The van der Waals surface area contributed by atoms with Crippen molar-refractivity contribution in [3.8, 4) is 0 Å². The maximum Gasteiger partial charge on any atom is 0.142 e. The van der Waals surface area contributed by atoms with E-state index in [0.717, 1.165) is 48.1 Å². The number of carbonyl (C=O) groups excluding carboxylic acids is 1. The molecule has 0 bridgehead atoms. The number of hydrogen-bond acceptors (Lipinski definition) is 3. The molecule has 5 heteroatoms. The first-order valence-corrected chi connectivity index (χ1v) is 8.38. The summed E-state index contributed by atoms with van der Waals surface area (Å²) in [4.78, 5) is 12.6. The van der Waals surface area contributed by atoms with Crippen molar-refractivity contribution in [3.05, 3.63) is 15.9 Å². The molecule has 20 heavy (non-hydrogen) atoms. The van der Waals surface area contributed by atoms with Gasteiger partial charge in [-0.05, 0) is 54.6 Å². The van der Waals surface area contributed by atoms with Crippen molar-refractivity contribution in [2.45, 2.75) is 52.5 Å². The Morgan fingerprint density at radius 2 is 2.20 bits per heavy atom. The van der Waals surface area contributed by atoms with Gasteiger partial charge in [-0.15, -0.1) is 0 Å². The van der Waals surface area contributed by atoms with Crippen molar-refractivity contribution in [3.63, 3.8) is 0 Å². The fraction of sp³-hybridized carbons (Fsp3) is 0.733. The lowest BCUT2D eigenvalue weighted by molar-refractivity contribution is -0.123. The summed E-state index contributed by atoms with van der Waals surface area (Å²) >= 11 is 3.61. The lowest BCUT2D eigenvalue weighted by Crippen LogP contribution is -2.27. The highest BCUT2D eigenvalue weighted by molar-refractivity contribution is 9.10. The summed E-state index contributed by atoms with van der Waals surface area (Å²) in [6, 6.07) is 0. The molecule has 2 N–H and O–H groups in total. The van der Waals surface area contributed by atoms with Gasteiger partial charge in [-0.3, -0.25) is 9.48 Å². The molecule has 1 fully saturated rings. The maximum atomic E-state index is 12.6. The van der Waals surface area contributed by atoms with Crippen molar-refractivity contribution < 1.29 is 4.79 Å². The normalized spacial score (nSPS) is 22.4. The second-order valence-electron chi connectivity index (χ2n) is 5.55. The zero-order chi connectivity index (χ0) is 14.7. The van der Waals surface area contributed by atoms with E-state index in [4.69, 9.17) is 5.73 Å². The fourth-order valence-electron chi connectivity index (χ4n) is 3.23. The second kappa shape index (κ2) is 6.85. The molecule has 112 valence electrons. The zero-order valence-corrected chi connectivity index (χ0v) is 13.9. The minimum Gasteiger partial charge on any atom is -0.330 e. The Morgan fingerprint density at radius 3 is 2.80 bits per heavy atom. The summed E-state index contributed by atoms with van der Waals surface area (Å²) in [6.45, 7) is 5.57. The Balaban J connectivity index is 2.17. The van der Waals surface area contributed by atoms with E-state index < -0.39 is 0 Å². The molecule has 1 aliphatic rings. The highest BCUT2D eigenvalue weighted by Crippen LogP contribution is 2.33. The summed E-state index contributed by atoms with van der Waals surface area (Å²) < 4.78 is 2.96. The number of Topliss-reactive ketones (excluding diaryl/α,β-unsaturated/α-hetero) is 1. The molecule has 0 radical (unpaired) electrons. The highest BCUT2D eigenvalue weighted by Gasteiger charge is 2.32. The van der Waals surface area contributed by atoms with Crippen LogP contribution in [0.4, 0.5) is 0 Å². The van der Waals surface area contributed by atoms with Gasteiger partial charge in [0.05, 0.1) is 15.9 Å². The highest BCUT2D eigenvalue weighted by atomic mass is 79.9. The second-order valence-corrected chi connectivity index (χ2v) is 6.35. The fourth-order valence-corrected chi connectivity index (χ4v) is 3.93. The minimum atomic E-state index is 0.150. The molecule has 1 saturated carbocycles. The third-order valence-corrected chi connectivity index (χ3v) is 5.33. The smallest absolute Gasteiger partial charge is 0.142 e. The number of nitrogens with zero attached hydrogens (tertiary/aromatic N) is 2. The van der Waals surface area contributed by atoms with Crippen LogP contribution in [0.2, 0.25) is 0 Å². The van der Waals surface area contributed by atoms with Crippen molar-refractivity contribution in [2.75, 3.05) is 6.54 Å². The van der Waals surface area contributed by atoms with E-state index >= 15 is 0 Å². The predicted molar refractivity (Wildman–Crippen MR) is 83.6 cm³/mol. The van der Waals surface area contributed by atoms with E-state index in [1.54, 1.807) is 0 Å². The van der Waals surface area contributed by atoms with Crippen molar-refractivity contribution >= 4 is 21.7 Å². The van der Waals surface area contributed by atoms with Gasteiger partial charge in [-0.25, -0.2) is 0 Å². The Hall–Kier alpha value is -0.680. The van der Waals surface area contributed by atoms with Gasteiger partial charge in [0.2, 0.25) is 0 Å². The van der Waals surface area contributed by atoms with Crippen LogP contribution in [0.15, 0.2) is 4.47 Å². The summed E-state index contributed by atoms with van der Waals surface area (Å²) in [6.07, 6.45) is 4.58. The molecule has 2 unspecified atom stereocenters. The van der Waals surface area contributed by atoms with Gasteiger partial charge in [0.1, 0.15) is 5.78 Å². The number of halogens is 1. The average Bonchev–Trinajstić information content (AvgIpc) is 3.04. The van der Waals surface area contributed by atoms with E-state index in [9.17, 15) is 4.79 Å². The van der Waals surface area contributed by atoms with Gasteiger partial charge in [0, 0.05) is 18.9 Å². The molecular formula is C15H24BrN3O. The van der Waals surface area contributed by atoms with E-state index in [1.807, 2.05) is 4.68 Å². The third kappa shape index (κ3) is 2.98. The first kappa shape index (κ1) is 15.7. The Kier molecular flexibility index (Phi) is 5.38. The summed E-state index contributed by atoms with van der Waals surface area (Å²) in [5.74, 6) is 0.859. The molecular weight excluding hydrogens is 318 g/mol. The van der Waals surface area contributed by atoms with Crippen LogP contribution in [0, 0.1) is 11.8 Å². The number of aromatic nitrogens is 2. The number of ketones is 1. The van der Waals surface area contributed by atoms with Crippen LogP contribution < -0.4 is 5.73 Å². The molecule has 0 spiro atoms. The SMILES string of the molecule is CCc1nn(CC)c(CC(=O)C2CCCC2CN)c1Br. The topological polar surface area (TPSA) is 60.9 Å². The molecule has 1 aromatic heterocycles. The predicted octanol–water partition coefficient (Wildman–Crippen LogP) is 2.71. The van der Waals surface area contributed by atoms with Crippen molar-refractivity contribution in [2.24, 2.45) is 17.6 Å². The third-order valence-electron chi connectivity index (χ3n) is 4.41. The van der Waals surface area contributed by atoms with E-state index in [0.29, 0.717) is 24.7 Å². The monoisotopic (exact) mass is 341 g/mol. The van der Waals surface area contributed by atoms with Crippen molar-refractivity contribution in [1.82, 2.24) is 9.78 Å². The molecule has 1 aliphatic carbocycles. The Morgan fingerprint density at radius 1 is 1.45 bits per heavy atom. The molecule has 4 nitrogen and oxygen atoms in total. The standard InChI is InChI=1S/C15H24BrN3O/c1-3-12-15(16)13(19(4-2)18-12)8-14(20)11-7-5-6-10(11)9-17/h10-11H,3-9,17H2,1-2H3. The summed E-state index contributed by atoms with van der Waals surface area (Å²) in [7, 11) is 0.